The number of hydrogen-bond donors (Lipinski definition) is 1. The van der Waals surface area contributed by atoms with Gasteiger partial charge in [-0.25, -0.2) is 4.98 Å². The number of nitrogens with zero attached hydrogens (tertiary/aromatic N) is 4. The number of methoxy groups -OCH3 is 1. The molecule has 164 valence electrons. The SMILES string of the molecule is COc1cc(Cn2cc3c(C(=O)NC4CCC4)nccc3n2)cnc1OCC(F)(F)F. The molecule has 1 saturated carbocycles. The summed E-state index contributed by atoms with van der Waals surface area (Å²) in [5, 5.41) is 8.04. The van der Waals surface area contributed by atoms with E-state index in [0.29, 0.717) is 22.2 Å². The van der Waals surface area contributed by atoms with Gasteiger partial charge in [0.1, 0.15) is 5.69 Å². The largest absolute Gasteiger partial charge is 0.491 e. The van der Waals surface area contributed by atoms with E-state index in [4.69, 9.17) is 9.47 Å². The fourth-order valence-corrected chi connectivity index (χ4v) is 3.21. The molecule has 0 aliphatic heterocycles. The first-order valence-electron chi connectivity index (χ1n) is 9.68. The highest BCUT2D eigenvalue weighted by Gasteiger charge is 2.29. The Hall–Kier alpha value is -3.37. The van der Waals surface area contributed by atoms with Gasteiger partial charge in [-0.3, -0.25) is 14.5 Å². The van der Waals surface area contributed by atoms with Gasteiger partial charge in [0.25, 0.3) is 11.8 Å². The summed E-state index contributed by atoms with van der Waals surface area (Å²) < 4.78 is 48.6. The number of ether oxygens (including phenoxy) is 2. The summed E-state index contributed by atoms with van der Waals surface area (Å²) >= 11 is 0. The van der Waals surface area contributed by atoms with E-state index in [2.05, 4.69) is 20.4 Å². The summed E-state index contributed by atoms with van der Waals surface area (Å²) in [6, 6.07) is 3.43. The Morgan fingerprint density at radius 2 is 2.13 bits per heavy atom. The highest BCUT2D eigenvalue weighted by molar-refractivity contribution is 6.04. The summed E-state index contributed by atoms with van der Waals surface area (Å²) in [5.41, 5.74) is 1.55. The topological polar surface area (TPSA) is 91.2 Å². The Morgan fingerprint density at radius 3 is 2.81 bits per heavy atom. The number of amides is 1. The predicted molar refractivity (Wildman–Crippen MR) is 104 cm³/mol. The molecular weight excluding hydrogens is 415 g/mol. The maximum absolute atomic E-state index is 12.6. The van der Waals surface area contributed by atoms with Crippen LogP contribution < -0.4 is 14.8 Å². The van der Waals surface area contributed by atoms with Crippen LogP contribution in [0.15, 0.2) is 30.7 Å². The van der Waals surface area contributed by atoms with E-state index in [1.165, 1.54) is 25.6 Å². The first-order valence-corrected chi connectivity index (χ1v) is 9.68. The van der Waals surface area contributed by atoms with E-state index in [-0.39, 0.29) is 30.1 Å². The first-order chi connectivity index (χ1) is 14.8. The molecule has 1 aliphatic rings. The summed E-state index contributed by atoms with van der Waals surface area (Å²) in [5.74, 6) is -0.390. The maximum Gasteiger partial charge on any atom is 0.422 e. The molecule has 4 rings (SSSR count). The molecule has 0 unspecified atom stereocenters. The molecule has 0 atom stereocenters. The molecule has 1 amide bonds. The van der Waals surface area contributed by atoms with Crippen molar-refractivity contribution in [3.8, 4) is 11.6 Å². The summed E-state index contributed by atoms with van der Waals surface area (Å²) in [6.07, 6.45) is 3.21. The van der Waals surface area contributed by atoms with Crippen LogP contribution in [0.1, 0.15) is 35.3 Å². The predicted octanol–water partition coefficient (Wildman–Crippen LogP) is 3.11. The molecule has 8 nitrogen and oxygen atoms in total. The van der Waals surface area contributed by atoms with Crippen LogP contribution in [-0.4, -0.2) is 51.6 Å². The molecule has 31 heavy (non-hydrogen) atoms. The quantitative estimate of drug-likeness (QED) is 0.613. The van der Waals surface area contributed by atoms with Crippen molar-refractivity contribution in [2.75, 3.05) is 13.7 Å². The second kappa shape index (κ2) is 8.40. The molecule has 3 heterocycles. The van der Waals surface area contributed by atoms with Crippen LogP contribution in [0.2, 0.25) is 0 Å². The second-order valence-corrected chi connectivity index (χ2v) is 7.28. The van der Waals surface area contributed by atoms with Crippen molar-refractivity contribution in [3.63, 3.8) is 0 Å². The number of nitrogens with one attached hydrogen (secondary N) is 1. The number of alkyl halides is 3. The molecule has 1 fully saturated rings. The Morgan fingerprint density at radius 1 is 1.32 bits per heavy atom. The molecule has 0 bridgehead atoms. The van der Waals surface area contributed by atoms with E-state index in [9.17, 15) is 18.0 Å². The van der Waals surface area contributed by atoms with Gasteiger partial charge in [-0.15, -0.1) is 0 Å². The van der Waals surface area contributed by atoms with Crippen molar-refractivity contribution in [1.29, 1.82) is 0 Å². The molecule has 11 heteroatoms. The van der Waals surface area contributed by atoms with Crippen molar-refractivity contribution < 1.29 is 27.4 Å². The molecule has 0 saturated heterocycles. The number of fused-ring (bicyclic) bond motifs is 1. The lowest BCUT2D eigenvalue weighted by molar-refractivity contribution is -0.154. The molecule has 3 aromatic rings. The second-order valence-electron chi connectivity index (χ2n) is 7.28. The number of rotatable bonds is 7. The number of carbonyl (C=O) groups is 1. The fraction of sp³-hybridized carbons (Fsp3) is 0.400. The molecule has 1 aliphatic carbocycles. The van der Waals surface area contributed by atoms with E-state index in [1.54, 1.807) is 16.9 Å². The van der Waals surface area contributed by atoms with Crippen LogP contribution in [0, 0.1) is 0 Å². The van der Waals surface area contributed by atoms with Crippen LogP contribution in [0.3, 0.4) is 0 Å². The lowest BCUT2D eigenvalue weighted by atomic mass is 9.93. The van der Waals surface area contributed by atoms with E-state index >= 15 is 0 Å². The van der Waals surface area contributed by atoms with Gasteiger partial charge < -0.3 is 14.8 Å². The van der Waals surface area contributed by atoms with Gasteiger partial charge in [0.15, 0.2) is 12.4 Å². The maximum atomic E-state index is 12.6. The summed E-state index contributed by atoms with van der Waals surface area (Å²) in [6.45, 7) is -1.19. The van der Waals surface area contributed by atoms with E-state index in [1.807, 2.05) is 0 Å². The van der Waals surface area contributed by atoms with Gasteiger partial charge in [-0.1, -0.05) is 0 Å². The van der Waals surface area contributed by atoms with Crippen molar-refractivity contribution in [1.82, 2.24) is 25.1 Å². The highest BCUT2D eigenvalue weighted by Crippen LogP contribution is 2.28. The first kappa shape index (κ1) is 20.9. The zero-order valence-corrected chi connectivity index (χ0v) is 16.6. The third-order valence-electron chi connectivity index (χ3n) is 4.95. The zero-order valence-electron chi connectivity index (χ0n) is 16.6. The molecule has 0 aromatic carbocycles. The zero-order chi connectivity index (χ0) is 22.0. The molecule has 0 spiro atoms. The summed E-state index contributed by atoms with van der Waals surface area (Å²) in [4.78, 5) is 20.7. The van der Waals surface area contributed by atoms with Gasteiger partial charge in [0, 0.05) is 24.6 Å². The number of halogens is 3. The average Bonchev–Trinajstić information content (AvgIpc) is 3.11. The molecule has 0 radical (unpaired) electrons. The number of carbonyl (C=O) groups excluding carboxylic acids is 1. The smallest absolute Gasteiger partial charge is 0.422 e. The van der Waals surface area contributed by atoms with Crippen LogP contribution in [-0.2, 0) is 6.54 Å². The Kier molecular flexibility index (Phi) is 5.66. The minimum absolute atomic E-state index is 0.0840. The van der Waals surface area contributed by atoms with Crippen molar-refractivity contribution >= 4 is 16.8 Å². The van der Waals surface area contributed by atoms with Crippen LogP contribution in [0.4, 0.5) is 13.2 Å². The van der Waals surface area contributed by atoms with Crippen LogP contribution in [0.5, 0.6) is 11.6 Å². The molecule has 3 aromatic heterocycles. The van der Waals surface area contributed by atoms with Crippen molar-refractivity contribution in [2.45, 2.75) is 38.0 Å². The van der Waals surface area contributed by atoms with Gasteiger partial charge in [-0.2, -0.15) is 18.3 Å². The van der Waals surface area contributed by atoms with Gasteiger partial charge >= 0.3 is 6.18 Å². The van der Waals surface area contributed by atoms with Gasteiger partial charge in [-0.05, 0) is 37.0 Å². The lowest BCUT2D eigenvalue weighted by Crippen LogP contribution is -2.39. The van der Waals surface area contributed by atoms with Crippen molar-refractivity contribution in [3.05, 3.63) is 42.0 Å². The van der Waals surface area contributed by atoms with Crippen LogP contribution in [0.25, 0.3) is 10.9 Å². The average molecular weight is 435 g/mol. The van der Waals surface area contributed by atoms with Gasteiger partial charge in [0.05, 0.1) is 24.6 Å². The Bertz CT molecular complexity index is 1100. The monoisotopic (exact) mass is 435 g/mol. The van der Waals surface area contributed by atoms with E-state index < -0.39 is 12.8 Å². The van der Waals surface area contributed by atoms with Crippen LogP contribution >= 0.6 is 0 Å². The summed E-state index contributed by atoms with van der Waals surface area (Å²) in [7, 11) is 1.32. The third kappa shape index (κ3) is 4.86. The number of pyridine rings is 2. The number of hydrogen-bond acceptors (Lipinski definition) is 6. The highest BCUT2D eigenvalue weighted by atomic mass is 19.4. The van der Waals surface area contributed by atoms with Crippen molar-refractivity contribution in [2.24, 2.45) is 0 Å². The number of aromatic nitrogens is 4. The molecule has 1 N–H and O–H groups in total. The fourth-order valence-electron chi connectivity index (χ4n) is 3.21. The standard InChI is InChI=1S/C20H20F3N5O3/c1-30-16-7-12(8-25-19(16)31-11-20(21,22)23)9-28-10-14-15(27-28)5-6-24-17(14)18(29)26-13-3-2-4-13/h5-8,10,13H,2-4,9,11H2,1H3,(H,26,29). The van der Waals surface area contributed by atoms with Gasteiger partial charge in [0.2, 0.25) is 0 Å². The lowest BCUT2D eigenvalue weighted by Gasteiger charge is -2.26. The molecular formula is C20H20F3N5O3. The minimum atomic E-state index is -4.48. The van der Waals surface area contributed by atoms with E-state index in [0.717, 1.165) is 19.3 Å². The third-order valence-corrected chi connectivity index (χ3v) is 4.95. The Balaban J connectivity index is 1.53. The Labute approximate surface area is 175 Å². The minimum Gasteiger partial charge on any atom is -0.491 e. The normalized spacial score (nSPS) is 14.3.